The van der Waals surface area contributed by atoms with Gasteiger partial charge in [-0.25, -0.2) is 0 Å². The number of aryl methyl sites for hydroxylation is 1. The zero-order valence-electron chi connectivity index (χ0n) is 21.8. The maximum Gasteiger partial charge on any atom is 1.00 e. The van der Waals surface area contributed by atoms with Gasteiger partial charge >= 0.3 is 51.4 Å². The van der Waals surface area contributed by atoms with Crippen LogP contribution in [0.15, 0.2) is 60.7 Å². The predicted molar refractivity (Wildman–Crippen MR) is 135 cm³/mol. The maximum atomic E-state index is 5.66. The van der Waals surface area contributed by atoms with E-state index in [0.717, 1.165) is 12.3 Å². The Morgan fingerprint density at radius 2 is 1.42 bits per heavy atom. The second kappa shape index (κ2) is 23.2. The summed E-state index contributed by atoms with van der Waals surface area (Å²) in [5.41, 5.74) is 1.68. The summed E-state index contributed by atoms with van der Waals surface area (Å²) in [5, 5.41) is 0. The first-order chi connectivity index (χ1) is 13.9. The normalized spacial score (nSPS) is 13.4. The molecule has 3 rings (SSSR count). The van der Waals surface area contributed by atoms with Crippen molar-refractivity contribution in [3.63, 3.8) is 0 Å². The van der Waals surface area contributed by atoms with Crippen molar-refractivity contribution >= 4 is 0 Å². The summed E-state index contributed by atoms with van der Waals surface area (Å²) in [5.74, 6) is 0.814. The van der Waals surface area contributed by atoms with E-state index in [0.29, 0.717) is 6.10 Å². The molecule has 0 spiro atoms. The molecule has 31 heavy (non-hydrogen) atoms. The minimum atomic E-state index is 0. The van der Waals surface area contributed by atoms with E-state index in [1.165, 1.54) is 37.7 Å². The molecule has 1 fully saturated rings. The van der Waals surface area contributed by atoms with Gasteiger partial charge in [-0.1, -0.05) is 77.8 Å². The van der Waals surface area contributed by atoms with Crippen LogP contribution in [0.4, 0.5) is 0 Å². The molecule has 0 amide bonds. The van der Waals surface area contributed by atoms with Crippen LogP contribution in [0.1, 0.15) is 72.3 Å². The monoisotopic (exact) mass is 450 g/mol. The second-order valence-corrected chi connectivity index (χ2v) is 8.48. The second-order valence-electron chi connectivity index (χ2n) is 8.48. The summed E-state index contributed by atoms with van der Waals surface area (Å²) in [7, 11) is 1.87. The molecule has 0 radical (unpaired) electrons. The van der Waals surface area contributed by atoms with Crippen molar-refractivity contribution in [2.75, 3.05) is 7.11 Å². The van der Waals surface area contributed by atoms with Crippen LogP contribution in [0, 0.1) is 31.7 Å². The van der Waals surface area contributed by atoms with E-state index in [2.05, 4.69) is 64.1 Å². The molecule has 0 aromatic heterocycles. The van der Waals surface area contributed by atoms with E-state index in [9.17, 15) is 0 Å². The molecular formula is C29H47KO-2. The number of methoxy groups -OCH3 is 1. The third-order valence-electron chi connectivity index (χ3n) is 4.40. The van der Waals surface area contributed by atoms with E-state index in [-0.39, 0.29) is 64.2 Å². The van der Waals surface area contributed by atoms with Gasteiger partial charge in [0.15, 0.2) is 0 Å². The van der Waals surface area contributed by atoms with Gasteiger partial charge in [0.25, 0.3) is 0 Å². The van der Waals surface area contributed by atoms with Gasteiger partial charge in [0.05, 0.1) is 6.10 Å². The molecule has 2 aromatic carbocycles. The van der Waals surface area contributed by atoms with Gasteiger partial charge in [0.1, 0.15) is 0 Å². The Morgan fingerprint density at radius 1 is 0.968 bits per heavy atom. The zero-order chi connectivity index (χ0) is 22.0. The minimum Gasteiger partial charge on any atom is -0.381 e. The number of benzene rings is 2. The number of hydrogen-bond acceptors (Lipinski definition) is 1. The third-order valence-corrected chi connectivity index (χ3v) is 4.40. The molecule has 0 heterocycles. The molecular weight excluding hydrogens is 403 g/mol. The first-order valence-corrected chi connectivity index (χ1v) is 11.2. The summed E-state index contributed by atoms with van der Waals surface area (Å²) in [6.45, 7) is 14.0. The first kappa shape index (κ1) is 35.6. The molecule has 0 bridgehead atoms. The minimum absolute atomic E-state index is 0. The Balaban J connectivity index is -0.000000437. The molecule has 2 heteroatoms. The van der Waals surface area contributed by atoms with E-state index in [1.54, 1.807) is 0 Å². The van der Waals surface area contributed by atoms with Crippen molar-refractivity contribution in [1.29, 1.82) is 0 Å². The Labute approximate surface area is 238 Å². The van der Waals surface area contributed by atoms with Crippen LogP contribution in [0.2, 0.25) is 0 Å². The van der Waals surface area contributed by atoms with E-state index in [4.69, 9.17) is 4.74 Å². The number of hydrogen-bond donors (Lipinski definition) is 0. The maximum absolute atomic E-state index is 5.66. The van der Waals surface area contributed by atoms with Crippen LogP contribution in [-0.4, -0.2) is 13.2 Å². The number of rotatable bonds is 5. The average Bonchev–Trinajstić information content (AvgIpc) is 3.26. The fourth-order valence-corrected chi connectivity index (χ4v) is 3.17. The Morgan fingerprint density at radius 3 is 1.77 bits per heavy atom. The van der Waals surface area contributed by atoms with Crippen LogP contribution >= 0.6 is 0 Å². The molecule has 1 atom stereocenters. The van der Waals surface area contributed by atoms with Crippen molar-refractivity contribution in [3.05, 3.63) is 86.6 Å². The SMILES string of the molecule is CC.COC(CCc1ccccc1)C1CCCC1.[CH2-]C(C)(C)C.[CH3-].[K+].[c-]1ccccc1. The molecule has 2 aromatic rings. The largest absolute Gasteiger partial charge is 1.00 e. The van der Waals surface area contributed by atoms with Crippen molar-refractivity contribution < 1.29 is 56.1 Å². The summed E-state index contributed by atoms with van der Waals surface area (Å²) < 4.78 is 5.66. The fraction of sp³-hybridized carbons (Fsp3) is 0.517. The van der Waals surface area contributed by atoms with Crippen molar-refractivity contribution in [3.8, 4) is 0 Å². The summed E-state index contributed by atoms with van der Waals surface area (Å²) in [6, 6.07) is 23.2. The first-order valence-electron chi connectivity index (χ1n) is 11.2. The van der Waals surface area contributed by atoms with Crippen LogP contribution < -0.4 is 51.4 Å². The molecule has 1 aliphatic carbocycles. The molecule has 172 valence electrons. The molecule has 1 unspecified atom stereocenters. The smallest absolute Gasteiger partial charge is 0.381 e. The average molecular weight is 451 g/mol. The Bertz CT molecular complexity index is 524. The van der Waals surface area contributed by atoms with Crippen molar-refractivity contribution in [2.45, 2.75) is 79.2 Å². The van der Waals surface area contributed by atoms with Gasteiger partial charge in [0, 0.05) is 7.11 Å². The van der Waals surface area contributed by atoms with Crippen LogP contribution in [0.3, 0.4) is 0 Å². The fourth-order valence-electron chi connectivity index (χ4n) is 3.17. The van der Waals surface area contributed by atoms with Gasteiger partial charge in [0.2, 0.25) is 0 Å². The summed E-state index contributed by atoms with van der Waals surface area (Å²) in [4.78, 5) is 0. The molecule has 0 aliphatic heterocycles. The van der Waals surface area contributed by atoms with Gasteiger partial charge in [-0.05, 0) is 37.2 Å². The van der Waals surface area contributed by atoms with Gasteiger partial charge in [-0.3, -0.25) is 0 Å². The number of ether oxygens (including phenoxy) is 1. The summed E-state index contributed by atoms with van der Waals surface area (Å²) >= 11 is 0. The van der Waals surface area contributed by atoms with Crippen LogP contribution in [0.5, 0.6) is 0 Å². The van der Waals surface area contributed by atoms with Gasteiger partial charge < -0.3 is 19.1 Å². The third kappa shape index (κ3) is 23.0. The molecule has 1 nitrogen and oxygen atoms in total. The summed E-state index contributed by atoms with van der Waals surface area (Å²) in [6.07, 6.45) is 8.33. The van der Waals surface area contributed by atoms with E-state index < -0.39 is 0 Å². The molecule has 1 saturated carbocycles. The molecule has 1 aliphatic rings. The van der Waals surface area contributed by atoms with Gasteiger partial charge in [-0.2, -0.15) is 41.8 Å². The predicted octanol–water partition coefficient (Wildman–Crippen LogP) is 5.66. The van der Waals surface area contributed by atoms with Crippen LogP contribution in [0.25, 0.3) is 0 Å². The van der Waals surface area contributed by atoms with E-state index in [1.807, 2.05) is 51.3 Å². The quantitative estimate of drug-likeness (QED) is 0.422. The Hall–Kier alpha value is 0.0364. The topological polar surface area (TPSA) is 9.23 Å². The standard InChI is InChI=1S/C15H22O.C6H5.C5H11.C2H6.CH3.K/c1-16-15(14-9-5-6-10-14)12-11-13-7-3-2-4-8-13;1-2-4-6-5-3-1;1-5(2,3)4;1-2;;/h2-4,7-8,14-15H,5-6,9-12H2,1H3;1-5H;1H2,2-4H3;1-2H3;1H3;/q;2*-1;;-1;+1. The van der Waals surface area contributed by atoms with Gasteiger partial charge in [-0.15, -0.1) is 0 Å². The van der Waals surface area contributed by atoms with Crippen molar-refractivity contribution in [1.82, 2.24) is 0 Å². The zero-order valence-corrected chi connectivity index (χ0v) is 24.9. The van der Waals surface area contributed by atoms with Crippen molar-refractivity contribution in [2.24, 2.45) is 11.3 Å². The Kier molecular flexibility index (Phi) is 26.7. The molecule has 0 N–H and O–H groups in total. The van der Waals surface area contributed by atoms with Crippen LogP contribution in [-0.2, 0) is 11.2 Å². The van der Waals surface area contributed by atoms with E-state index >= 15 is 0 Å². The molecule has 0 saturated heterocycles.